The fourth-order valence-electron chi connectivity index (χ4n) is 1.17. The number of benzene rings is 1. The number of thiophene rings is 1. The van der Waals surface area contributed by atoms with Crippen molar-refractivity contribution in [1.29, 1.82) is 0 Å². The summed E-state index contributed by atoms with van der Waals surface area (Å²) in [5, 5.41) is 11.7. The van der Waals surface area contributed by atoms with Crippen molar-refractivity contribution in [2.75, 3.05) is 0 Å². The van der Waals surface area contributed by atoms with Crippen molar-refractivity contribution in [3.63, 3.8) is 0 Å². The summed E-state index contributed by atoms with van der Waals surface area (Å²) in [5.41, 5.74) is 0. The topological polar surface area (TPSA) is 40.1 Å². The van der Waals surface area contributed by atoms with Crippen LogP contribution < -0.4 is 5.11 Å². The Morgan fingerprint density at radius 2 is 2.21 bits per heavy atom. The predicted octanol–water partition coefficient (Wildman–Crippen LogP) is 2.68. The number of aromatic carboxylic acids is 1. The summed E-state index contributed by atoms with van der Waals surface area (Å²) < 4.78 is 1.73. The van der Waals surface area contributed by atoms with Gasteiger partial charge >= 0.3 is 0 Å². The van der Waals surface area contributed by atoms with Crippen LogP contribution >= 0.6 is 38.9 Å². The summed E-state index contributed by atoms with van der Waals surface area (Å²) in [5.74, 6) is -1.23. The van der Waals surface area contributed by atoms with E-state index in [4.69, 9.17) is 11.6 Å². The zero-order valence-corrected chi connectivity index (χ0v) is 9.87. The van der Waals surface area contributed by atoms with Gasteiger partial charge in [0.15, 0.2) is 0 Å². The van der Waals surface area contributed by atoms with Crippen LogP contribution in [0.25, 0.3) is 10.1 Å². The van der Waals surface area contributed by atoms with Crippen molar-refractivity contribution in [2.24, 2.45) is 0 Å². The van der Waals surface area contributed by atoms with Gasteiger partial charge in [-0.3, -0.25) is 0 Å². The van der Waals surface area contributed by atoms with E-state index in [1.54, 1.807) is 6.07 Å². The first-order chi connectivity index (χ1) is 6.59. The van der Waals surface area contributed by atoms with Crippen LogP contribution in [0.4, 0.5) is 0 Å². The maximum atomic E-state index is 10.7. The number of halogens is 2. The molecule has 0 aliphatic rings. The van der Waals surface area contributed by atoms with Gasteiger partial charge in [0.2, 0.25) is 0 Å². The van der Waals surface area contributed by atoms with E-state index in [9.17, 15) is 9.90 Å². The Bertz CT molecular complexity index is 521. The number of hydrogen-bond acceptors (Lipinski definition) is 3. The van der Waals surface area contributed by atoms with Crippen LogP contribution in [0.5, 0.6) is 0 Å². The lowest BCUT2D eigenvalue weighted by atomic mass is 10.2. The van der Waals surface area contributed by atoms with Crippen LogP contribution in [0.1, 0.15) is 9.67 Å². The molecule has 0 radical (unpaired) electrons. The third kappa shape index (κ3) is 1.54. The van der Waals surface area contributed by atoms with Crippen LogP contribution in [0.15, 0.2) is 22.7 Å². The Morgan fingerprint density at radius 1 is 1.50 bits per heavy atom. The van der Waals surface area contributed by atoms with E-state index in [2.05, 4.69) is 15.9 Å². The van der Waals surface area contributed by atoms with E-state index in [1.807, 2.05) is 12.1 Å². The number of fused-ring (bicyclic) bond motifs is 1. The van der Waals surface area contributed by atoms with Gasteiger partial charge < -0.3 is 9.90 Å². The summed E-state index contributed by atoms with van der Waals surface area (Å²) in [4.78, 5) is 10.8. The number of hydrogen-bond donors (Lipinski definition) is 0. The summed E-state index contributed by atoms with van der Waals surface area (Å²) in [7, 11) is 0. The minimum Gasteiger partial charge on any atom is -0.544 e. The van der Waals surface area contributed by atoms with Crippen LogP contribution in [0.3, 0.4) is 0 Å². The van der Waals surface area contributed by atoms with Gasteiger partial charge in [-0.1, -0.05) is 33.6 Å². The molecule has 0 N–H and O–H groups in total. The summed E-state index contributed by atoms with van der Waals surface area (Å²) in [6.45, 7) is 0. The summed E-state index contributed by atoms with van der Waals surface area (Å²) in [6, 6.07) is 5.43. The average molecular weight is 291 g/mol. The first-order valence-corrected chi connectivity index (χ1v) is 5.67. The second kappa shape index (κ2) is 3.53. The van der Waals surface area contributed by atoms with Crippen molar-refractivity contribution < 1.29 is 9.90 Å². The van der Waals surface area contributed by atoms with E-state index in [-0.39, 0.29) is 9.90 Å². The van der Waals surface area contributed by atoms with Crippen molar-refractivity contribution in [2.45, 2.75) is 0 Å². The van der Waals surface area contributed by atoms with Gasteiger partial charge in [-0.15, -0.1) is 11.3 Å². The molecule has 0 bridgehead atoms. The highest BCUT2D eigenvalue weighted by atomic mass is 79.9. The standard InChI is InChI=1S/C9H4BrClO2S/c10-4-1-2-5-6(3-4)14-8(7(5)11)9(12)13/h1-3H,(H,12,13)/p-1. The number of carboxylic acids is 1. The van der Waals surface area contributed by atoms with Gasteiger partial charge in [0, 0.05) is 14.6 Å². The highest BCUT2D eigenvalue weighted by Crippen LogP contribution is 2.36. The normalized spacial score (nSPS) is 10.7. The van der Waals surface area contributed by atoms with Crippen LogP contribution in [-0.4, -0.2) is 5.97 Å². The molecule has 5 heteroatoms. The van der Waals surface area contributed by atoms with E-state index >= 15 is 0 Å². The Morgan fingerprint density at radius 3 is 2.86 bits per heavy atom. The Balaban J connectivity index is 2.79. The van der Waals surface area contributed by atoms with E-state index in [1.165, 1.54) is 0 Å². The molecule has 0 amide bonds. The molecule has 0 unspecified atom stereocenters. The number of carboxylic acid groups (broad SMARTS) is 1. The molecular formula is C9H3BrClO2S-. The molecule has 2 nitrogen and oxygen atoms in total. The first-order valence-electron chi connectivity index (χ1n) is 3.68. The number of carbonyl (C=O) groups is 1. The van der Waals surface area contributed by atoms with Gasteiger partial charge in [-0.2, -0.15) is 0 Å². The SMILES string of the molecule is O=C([O-])c1sc2cc(Br)ccc2c1Cl. The molecule has 0 spiro atoms. The maximum Gasteiger partial charge on any atom is 0.0830 e. The highest BCUT2D eigenvalue weighted by molar-refractivity contribution is 9.10. The summed E-state index contributed by atoms with van der Waals surface area (Å²) >= 11 is 10.3. The molecule has 1 heterocycles. The largest absolute Gasteiger partial charge is 0.544 e. The molecule has 0 saturated heterocycles. The van der Waals surface area contributed by atoms with Gasteiger partial charge in [0.05, 0.1) is 15.9 Å². The van der Waals surface area contributed by atoms with Crippen molar-refractivity contribution in [3.8, 4) is 0 Å². The van der Waals surface area contributed by atoms with Crippen molar-refractivity contribution >= 4 is 54.9 Å². The van der Waals surface area contributed by atoms with Gasteiger partial charge in [0.25, 0.3) is 0 Å². The zero-order valence-electron chi connectivity index (χ0n) is 6.71. The monoisotopic (exact) mass is 289 g/mol. The fourth-order valence-corrected chi connectivity index (χ4v) is 3.07. The minimum absolute atomic E-state index is 0.0831. The molecule has 0 saturated carbocycles. The van der Waals surface area contributed by atoms with Gasteiger partial charge in [-0.05, 0) is 12.1 Å². The zero-order chi connectivity index (χ0) is 10.3. The second-order valence-electron chi connectivity index (χ2n) is 2.67. The Labute approximate surface area is 97.2 Å². The number of rotatable bonds is 1. The van der Waals surface area contributed by atoms with Gasteiger partial charge in [-0.25, -0.2) is 0 Å². The third-order valence-corrected chi connectivity index (χ3v) is 3.91. The second-order valence-corrected chi connectivity index (χ2v) is 5.02. The molecule has 14 heavy (non-hydrogen) atoms. The summed E-state index contributed by atoms with van der Waals surface area (Å²) in [6.07, 6.45) is 0. The van der Waals surface area contributed by atoms with Gasteiger partial charge in [0.1, 0.15) is 0 Å². The lowest BCUT2D eigenvalue weighted by Crippen LogP contribution is -2.21. The van der Waals surface area contributed by atoms with Crippen LogP contribution in [0, 0.1) is 0 Å². The first kappa shape index (κ1) is 9.96. The highest BCUT2D eigenvalue weighted by Gasteiger charge is 2.10. The van der Waals surface area contributed by atoms with E-state index in [0.29, 0.717) is 0 Å². The quantitative estimate of drug-likeness (QED) is 0.810. The molecule has 0 fully saturated rings. The maximum absolute atomic E-state index is 10.7. The molecule has 1 aromatic carbocycles. The fraction of sp³-hybridized carbons (Fsp3) is 0. The van der Waals surface area contributed by atoms with E-state index in [0.717, 1.165) is 25.9 Å². The Kier molecular flexibility index (Phi) is 2.51. The van der Waals surface area contributed by atoms with Crippen molar-refractivity contribution in [1.82, 2.24) is 0 Å². The lowest BCUT2D eigenvalue weighted by molar-refractivity contribution is -0.254. The minimum atomic E-state index is -1.23. The lowest BCUT2D eigenvalue weighted by Gasteiger charge is -1.96. The molecule has 2 rings (SSSR count). The van der Waals surface area contributed by atoms with E-state index < -0.39 is 5.97 Å². The third-order valence-electron chi connectivity index (χ3n) is 1.78. The molecule has 1 aromatic heterocycles. The predicted molar refractivity (Wildman–Crippen MR) is 58.9 cm³/mol. The molecule has 0 aliphatic heterocycles. The molecule has 72 valence electrons. The molecule has 0 aliphatic carbocycles. The van der Waals surface area contributed by atoms with Crippen molar-refractivity contribution in [3.05, 3.63) is 32.6 Å². The average Bonchev–Trinajstić information content (AvgIpc) is 2.43. The van der Waals surface area contributed by atoms with Crippen LogP contribution in [0.2, 0.25) is 5.02 Å². The smallest absolute Gasteiger partial charge is 0.0830 e. The molecular weight excluding hydrogens is 288 g/mol. The Hall–Kier alpha value is -0.580. The molecule has 0 atom stereocenters. The molecule has 2 aromatic rings. The van der Waals surface area contributed by atoms with Crippen LogP contribution in [-0.2, 0) is 0 Å². The number of carbonyl (C=O) groups excluding carboxylic acids is 1.